The average Bonchev–Trinajstić information content (AvgIpc) is 2.24. The Balaban J connectivity index is 2.92. The summed E-state index contributed by atoms with van der Waals surface area (Å²) in [5, 5.41) is 3.04. The molecule has 0 heterocycles. The maximum absolute atomic E-state index is 12.2. The van der Waals surface area contributed by atoms with Crippen molar-refractivity contribution in [3.8, 4) is 0 Å². The number of nitrogens with two attached hydrogens (primary N) is 1. The van der Waals surface area contributed by atoms with E-state index in [-0.39, 0.29) is 10.6 Å². The summed E-state index contributed by atoms with van der Waals surface area (Å²) in [6.45, 7) is 6.89. The van der Waals surface area contributed by atoms with Crippen LogP contribution in [0.15, 0.2) is 23.1 Å². The van der Waals surface area contributed by atoms with E-state index in [0.717, 1.165) is 0 Å². The number of sulfonamides is 1. The number of rotatable bonds is 4. The molecule has 118 valence electrons. The molecule has 1 aromatic rings. The maximum Gasteiger partial charge on any atom is 0.243 e. The molecule has 1 atom stereocenters. The van der Waals surface area contributed by atoms with Crippen LogP contribution in [0.2, 0.25) is 5.02 Å². The van der Waals surface area contributed by atoms with Crippen LogP contribution in [-0.4, -0.2) is 25.9 Å². The monoisotopic (exact) mass is 333 g/mol. The van der Waals surface area contributed by atoms with Gasteiger partial charge in [0.15, 0.2) is 0 Å². The Morgan fingerprint density at radius 3 is 2.38 bits per heavy atom. The number of carbonyl (C=O) groups excluding carboxylic acids is 1. The van der Waals surface area contributed by atoms with Gasteiger partial charge in [0.2, 0.25) is 15.9 Å². The van der Waals surface area contributed by atoms with E-state index in [0.29, 0.717) is 5.02 Å². The molecule has 0 fully saturated rings. The average molecular weight is 334 g/mol. The highest BCUT2D eigenvalue weighted by atomic mass is 35.5. The number of halogens is 1. The summed E-state index contributed by atoms with van der Waals surface area (Å²) in [5.74, 6) is -0.418. The van der Waals surface area contributed by atoms with Crippen LogP contribution in [0.25, 0.3) is 0 Å². The van der Waals surface area contributed by atoms with Crippen molar-refractivity contribution in [2.75, 3.05) is 5.73 Å². The molecule has 0 aliphatic heterocycles. The second kappa shape index (κ2) is 6.21. The summed E-state index contributed by atoms with van der Waals surface area (Å²) in [6, 6.07) is 3.14. The van der Waals surface area contributed by atoms with Gasteiger partial charge in [0.1, 0.15) is 4.90 Å². The van der Waals surface area contributed by atoms with Crippen molar-refractivity contribution < 1.29 is 13.2 Å². The zero-order chi connectivity index (χ0) is 16.4. The molecule has 0 aliphatic carbocycles. The van der Waals surface area contributed by atoms with Gasteiger partial charge in [0, 0.05) is 10.6 Å². The van der Waals surface area contributed by atoms with Crippen molar-refractivity contribution in [3.63, 3.8) is 0 Å². The van der Waals surface area contributed by atoms with Crippen LogP contribution in [0.1, 0.15) is 27.7 Å². The van der Waals surface area contributed by atoms with Crippen molar-refractivity contribution >= 4 is 33.2 Å². The fraction of sp³-hybridized carbons (Fsp3) is 0.462. The zero-order valence-corrected chi connectivity index (χ0v) is 14.0. The van der Waals surface area contributed by atoms with E-state index in [9.17, 15) is 13.2 Å². The lowest BCUT2D eigenvalue weighted by Gasteiger charge is -2.23. The number of benzene rings is 1. The van der Waals surface area contributed by atoms with Crippen LogP contribution in [0.3, 0.4) is 0 Å². The summed E-state index contributed by atoms with van der Waals surface area (Å²) in [6.07, 6.45) is 0. The molecule has 1 unspecified atom stereocenters. The highest BCUT2D eigenvalue weighted by molar-refractivity contribution is 7.89. The summed E-state index contributed by atoms with van der Waals surface area (Å²) in [7, 11) is -3.90. The van der Waals surface area contributed by atoms with Gasteiger partial charge < -0.3 is 11.1 Å². The van der Waals surface area contributed by atoms with Gasteiger partial charge in [-0.2, -0.15) is 4.72 Å². The second-order valence-corrected chi connectivity index (χ2v) is 7.88. The van der Waals surface area contributed by atoms with E-state index in [4.69, 9.17) is 17.3 Å². The number of hydrogen-bond donors (Lipinski definition) is 3. The summed E-state index contributed by atoms with van der Waals surface area (Å²) >= 11 is 5.74. The smallest absolute Gasteiger partial charge is 0.243 e. The first kappa shape index (κ1) is 17.7. The normalized spacial score (nSPS) is 13.8. The first-order valence-electron chi connectivity index (χ1n) is 6.32. The predicted molar refractivity (Wildman–Crippen MR) is 83.5 cm³/mol. The van der Waals surface area contributed by atoms with E-state index >= 15 is 0 Å². The van der Waals surface area contributed by atoms with Crippen LogP contribution in [0.5, 0.6) is 0 Å². The number of hydrogen-bond acceptors (Lipinski definition) is 4. The second-order valence-electron chi connectivity index (χ2n) is 5.76. The Labute approximate surface area is 130 Å². The number of anilines is 1. The van der Waals surface area contributed by atoms with Gasteiger partial charge >= 0.3 is 0 Å². The minimum Gasteiger partial charge on any atom is -0.398 e. The van der Waals surface area contributed by atoms with Crippen LogP contribution < -0.4 is 15.8 Å². The minimum absolute atomic E-state index is 0.0263. The summed E-state index contributed by atoms with van der Waals surface area (Å²) in [4.78, 5) is 11.8. The number of nitrogens with one attached hydrogen (secondary N) is 2. The van der Waals surface area contributed by atoms with Crippen LogP contribution >= 0.6 is 11.6 Å². The molecule has 0 aliphatic rings. The quantitative estimate of drug-likeness (QED) is 0.727. The molecule has 8 heteroatoms. The fourth-order valence-electron chi connectivity index (χ4n) is 1.59. The van der Waals surface area contributed by atoms with Gasteiger partial charge in [-0.15, -0.1) is 0 Å². The van der Waals surface area contributed by atoms with Crippen molar-refractivity contribution in [1.82, 2.24) is 10.0 Å². The number of nitrogen functional groups attached to an aromatic ring is 1. The molecule has 0 radical (unpaired) electrons. The Kier molecular flexibility index (Phi) is 5.25. The van der Waals surface area contributed by atoms with Gasteiger partial charge in [-0.1, -0.05) is 11.6 Å². The molecule has 0 bridgehead atoms. The van der Waals surface area contributed by atoms with Crippen molar-refractivity contribution in [1.29, 1.82) is 0 Å². The standard InChI is InChI=1S/C13H20ClN3O3S/c1-8(12(18)16-13(2,3)4)17-21(19,20)11-6-5-9(14)7-10(11)15/h5-8,17H,15H2,1-4H3,(H,16,18). The Bertz CT molecular complexity index is 639. The largest absolute Gasteiger partial charge is 0.398 e. The third-order valence-electron chi connectivity index (χ3n) is 2.48. The Morgan fingerprint density at radius 2 is 1.90 bits per heavy atom. The first-order valence-corrected chi connectivity index (χ1v) is 8.18. The first-order chi connectivity index (χ1) is 9.42. The minimum atomic E-state index is -3.90. The lowest BCUT2D eigenvalue weighted by atomic mass is 10.1. The summed E-state index contributed by atoms with van der Waals surface area (Å²) < 4.78 is 26.8. The fourth-order valence-corrected chi connectivity index (χ4v) is 3.09. The van der Waals surface area contributed by atoms with Crippen LogP contribution in [-0.2, 0) is 14.8 Å². The molecular weight excluding hydrogens is 314 g/mol. The van der Waals surface area contributed by atoms with Crippen LogP contribution in [0, 0.1) is 0 Å². The topological polar surface area (TPSA) is 101 Å². The SMILES string of the molecule is CC(NS(=O)(=O)c1ccc(Cl)cc1N)C(=O)NC(C)(C)C. The molecule has 21 heavy (non-hydrogen) atoms. The molecular formula is C13H20ClN3O3S. The molecule has 1 rings (SSSR count). The van der Waals surface area contributed by atoms with Crippen LogP contribution in [0.4, 0.5) is 5.69 Å². The lowest BCUT2D eigenvalue weighted by Crippen LogP contribution is -2.50. The molecule has 4 N–H and O–H groups in total. The number of carbonyl (C=O) groups is 1. The number of amides is 1. The molecule has 0 saturated carbocycles. The molecule has 1 aromatic carbocycles. The predicted octanol–water partition coefficient (Wildman–Crippen LogP) is 1.50. The van der Waals surface area contributed by atoms with Crippen molar-refractivity contribution in [2.45, 2.75) is 44.2 Å². The maximum atomic E-state index is 12.2. The third-order valence-corrected chi connectivity index (χ3v) is 4.33. The Hall–Kier alpha value is -1.31. The molecule has 6 nitrogen and oxygen atoms in total. The van der Waals surface area contributed by atoms with Gasteiger partial charge in [0.05, 0.1) is 11.7 Å². The van der Waals surface area contributed by atoms with Gasteiger partial charge in [0.25, 0.3) is 0 Å². The molecule has 0 spiro atoms. The highest BCUT2D eigenvalue weighted by Crippen LogP contribution is 2.22. The molecule has 0 aromatic heterocycles. The highest BCUT2D eigenvalue weighted by Gasteiger charge is 2.25. The van der Waals surface area contributed by atoms with E-state index in [1.54, 1.807) is 0 Å². The molecule has 0 saturated heterocycles. The van der Waals surface area contributed by atoms with E-state index in [1.807, 2.05) is 20.8 Å². The van der Waals surface area contributed by atoms with Gasteiger partial charge in [-0.25, -0.2) is 8.42 Å². The van der Waals surface area contributed by atoms with Crippen molar-refractivity contribution in [2.24, 2.45) is 0 Å². The Morgan fingerprint density at radius 1 is 1.33 bits per heavy atom. The van der Waals surface area contributed by atoms with Gasteiger partial charge in [-0.3, -0.25) is 4.79 Å². The lowest BCUT2D eigenvalue weighted by molar-refractivity contribution is -0.123. The third kappa shape index (κ3) is 5.18. The van der Waals surface area contributed by atoms with E-state index in [2.05, 4.69) is 10.0 Å². The molecule has 1 amide bonds. The van der Waals surface area contributed by atoms with E-state index in [1.165, 1.54) is 25.1 Å². The van der Waals surface area contributed by atoms with E-state index < -0.39 is 27.5 Å². The van der Waals surface area contributed by atoms with Crippen molar-refractivity contribution in [3.05, 3.63) is 23.2 Å². The van der Waals surface area contributed by atoms with Gasteiger partial charge in [-0.05, 0) is 45.9 Å². The summed E-state index contributed by atoms with van der Waals surface area (Å²) in [5.41, 5.74) is 5.23. The zero-order valence-electron chi connectivity index (χ0n) is 12.4.